The number of likely N-dealkylation sites (N-methyl/N-ethyl adjacent to an activating group) is 1. The molecule has 2 rings (SSSR count). The number of hydrogen-bond donors (Lipinski definition) is 1. The number of nitrogens with one attached hydrogen (secondary N) is 1. The number of hydrogen-bond acceptors (Lipinski definition) is 2. The second-order valence-electron chi connectivity index (χ2n) is 5.41. The molecule has 0 saturated carbocycles. The highest BCUT2D eigenvalue weighted by atomic mass is 79.9. The fourth-order valence-corrected chi connectivity index (χ4v) is 3.20. The summed E-state index contributed by atoms with van der Waals surface area (Å²) in [5.74, 6) is -0.117. The molecule has 1 aliphatic heterocycles. The summed E-state index contributed by atoms with van der Waals surface area (Å²) in [4.78, 5) is 0. The summed E-state index contributed by atoms with van der Waals surface area (Å²) in [6.45, 7) is 3.90. The van der Waals surface area contributed by atoms with E-state index in [2.05, 4.69) is 28.2 Å². The van der Waals surface area contributed by atoms with Crippen molar-refractivity contribution in [1.82, 2.24) is 5.32 Å². The van der Waals surface area contributed by atoms with Crippen LogP contribution in [0, 0.1) is 5.82 Å². The molecule has 1 fully saturated rings. The van der Waals surface area contributed by atoms with Gasteiger partial charge >= 0.3 is 0 Å². The molecule has 4 heteroatoms. The van der Waals surface area contributed by atoms with E-state index < -0.39 is 0 Å². The first-order valence-corrected chi connectivity index (χ1v) is 8.27. The van der Waals surface area contributed by atoms with Crippen LogP contribution in [0.5, 0.6) is 0 Å². The molecule has 2 nitrogen and oxygen atoms in total. The molecule has 2 unspecified atom stereocenters. The van der Waals surface area contributed by atoms with Gasteiger partial charge in [-0.3, -0.25) is 0 Å². The molecule has 2 atom stereocenters. The van der Waals surface area contributed by atoms with Gasteiger partial charge < -0.3 is 10.1 Å². The van der Waals surface area contributed by atoms with E-state index in [0.29, 0.717) is 12.1 Å². The molecule has 0 radical (unpaired) electrons. The van der Waals surface area contributed by atoms with Crippen LogP contribution < -0.4 is 5.32 Å². The molecule has 20 heavy (non-hydrogen) atoms. The molecule has 1 aliphatic rings. The Hall–Kier alpha value is -0.450. The second kappa shape index (κ2) is 8.11. The maximum absolute atomic E-state index is 13.8. The summed E-state index contributed by atoms with van der Waals surface area (Å²) in [5.41, 5.74) is 0.776. The van der Waals surface area contributed by atoms with E-state index in [1.165, 1.54) is 18.9 Å². The van der Waals surface area contributed by atoms with Crippen molar-refractivity contribution in [3.05, 3.63) is 34.1 Å². The van der Waals surface area contributed by atoms with Gasteiger partial charge in [0.1, 0.15) is 5.82 Å². The Labute approximate surface area is 129 Å². The molecule has 0 spiro atoms. The van der Waals surface area contributed by atoms with Crippen LogP contribution in [0.4, 0.5) is 4.39 Å². The molecule has 0 aromatic heterocycles. The highest BCUT2D eigenvalue weighted by molar-refractivity contribution is 9.10. The van der Waals surface area contributed by atoms with Gasteiger partial charge in [0.25, 0.3) is 0 Å². The average molecular weight is 344 g/mol. The van der Waals surface area contributed by atoms with Gasteiger partial charge in [0.15, 0.2) is 0 Å². The SMILES string of the molecule is CCNC(CCC1CCCO1)Cc1cc(Br)ccc1F. The van der Waals surface area contributed by atoms with Gasteiger partial charge in [-0.2, -0.15) is 0 Å². The standard InChI is InChI=1S/C16H23BrFNO/c1-2-19-14(6-7-15-4-3-9-20-15)11-12-10-13(17)5-8-16(12)18/h5,8,10,14-15,19H,2-4,6-7,9,11H2,1H3. The van der Waals surface area contributed by atoms with Gasteiger partial charge in [-0.05, 0) is 62.4 Å². The summed E-state index contributed by atoms with van der Waals surface area (Å²) < 4.78 is 20.4. The zero-order chi connectivity index (χ0) is 14.4. The molecule has 0 amide bonds. The van der Waals surface area contributed by atoms with E-state index in [9.17, 15) is 4.39 Å². The van der Waals surface area contributed by atoms with Gasteiger partial charge in [-0.1, -0.05) is 22.9 Å². The van der Waals surface area contributed by atoms with E-state index in [1.54, 1.807) is 6.07 Å². The van der Waals surface area contributed by atoms with E-state index in [1.807, 2.05) is 6.07 Å². The Morgan fingerprint density at radius 3 is 3.05 bits per heavy atom. The molecule has 1 N–H and O–H groups in total. The van der Waals surface area contributed by atoms with E-state index in [4.69, 9.17) is 4.74 Å². The van der Waals surface area contributed by atoms with Crippen LogP contribution in [-0.4, -0.2) is 25.3 Å². The minimum absolute atomic E-state index is 0.117. The van der Waals surface area contributed by atoms with Crippen molar-refractivity contribution in [2.75, 3.05) is 13.2 Å². The number of ether oxygens (including phenoxy) is 1. The highest BCUT2D eigenvalue weighted by Crippen LogP contribution is 2.21. The molecule has 1 saturated heterocycles. The Balaban J connectivity index is 1.91. The molecule has 1 heterocycles. The summed E-state index contributed by atoms with van der Waals surface area (Å²) >= 11 is 3.41. The van der Waals surface area contributed by atoms with Crippen LogP contribution >= 0.6 is 15.9 Å². The third-order valence-electron chi connectivity index (χ3n) is 3.83. The lowest BCUT2D eigenvalue weighted by atomic mass is 9.99. The maximum atomic E-state index is 13.8. The van der Waals surface area contributed by atoms with Crippen molar-refractivity contribution in [1.29, 1.82) is 0 Å². The Bertz CT molecular complexity index is 421. The first-order valence-electron chi connectivity index (χ1n) is 7.48. The van der Waals surface area contributed by atoms with Crippen molar-refractivity contribution in [3.8, 4) is 0 Å². The van der Waals surface area contributed by atoms with Crippen LogP contribution in [0.3, 0.4) is 0 Å². The highest BCUT2D eigenvalue weighted by Gasteiger charge is 2.18. The van der Waals surface area contributed by atoms with Gasteiger partial charge in [0.2, 0.25) is 0 Å². The lowest BCUT2D eigenvalue weighted by molar-refractivity contribution is 0.0996. The second-order valence-corrected chi connectivity index (χ2v) is 6.32. The van der Waals surface area contributed by atoms with Crippen molar-refractivity contribution < 1.29 is 9.13 Å². The molecular weight excluding hydrogens is 321 g/mol. The summed E-state index contributed by atoms with van der Waals surface area (Å²) in [7, 11) is 0. The average Bonchev–Trinajstić information content (AvgIpc) is 2.93. The number of benzene rings is 1. The van der Waals surface area contributed by atoms with Crippen LogP contribution in [0.25, 0.3) is 0 Å². The first-order chi connectivity index (χ1) is 9.69. The summed E-state index contributed by atoms with van der Waals surface area (Å²) in [6, 6.07) is 5.47. The van der Waals surface area contributed by atoms with Crippen LogP contribution in [0.2, 0.25) is 0 Å². The minimum atomic E-state index is -0.117. The predicted octanol–water partition coefficient (Wildman–Crippen LogP) is 4.07. The van der Waals surface area contributed by atoms with E-state index in [0.717, 1.165) is 42.5 Å². The molecule has 0 aliphatic carbocycles. The lowest BCUT2D eigenvalue weighted by Crippen LogP contribution is -2.32. The van der Waals surface area contributed by atoms with Crippen LogP contribution in [-0.2, 0) is 11.2 Å². The Kier molecular flexibility index (Phi) is 6.46. The maximum Gasteiger partial charge on any atom is 0.126 e. The monoisotopic (exact) mass is 343 g/mol. The topological polar surface area (TPSA) is 21.3 Å². The summed E-state index contributed by atoms with van der Waals surface area (Å²) in [6.07, 6.45) is 5.58. The first kappa shape index (κ1) is 15.9. The van der Waals surface area contributed by atoms with Crippen LogP contribution in [0.1, 0.15) is 38.2 Å². The Morgan fingerprint density at radius 1 is 1.50 bits per heavy atom. The van der Waals surface area contributed by atoms with Gasteiger partial charge in [-0.25, -0.2) is 4.39 Å². The number of rotatable bonds is 7. The van der Waals surface area contributed by atoms with Crippen molar-refractivity contribution in [2.45, 2.75) is 51.2 Å². The fourth-order valence-electron chi connectivity index (χ4n) is 2.79. The molecule has 1 aromatic rings. The summed E-state index contributed by atoms with van der Waals surface area (Å²) in [5, 5.41) is 3.46. The zero-order valence-corrected chi connectivity index (χ0v) is 13.6. The van der Waals surface area contributed by atoms with E-state index in [-0.39, 0.29) is 5.82 Å². The molecule has 0 bridgehead atoms. The smallest absolute Gasteiger partial charge is 0.126 e. The quantitative estimate of drug-likeness (QED) is 0.805. The third-order valence-corrected chi connectivity index (χ3v) is 4.32. The van der Waals surface area contributed by atoms with Crippen molar-refractivity contribution in [2.24, 2.45) is 0 Å². The normalized spacial score (nSPS) is 20.2. The fraction of sp³-hybridized carbons (Fsp3) is 0.625. The van der Waals surface area contributed by atoms with Crippen LogP contribution in [0.15, 0.2) is 22.7 Å². The Morgan fingerprint density at radius 2 is 2.35 bits per heavy atom. The lowest BCUT2D eigenvalue weighted by Gasteiger charge is -2.20. The van der Waals surface area contributed by atoms with Gasteiger partial charge in [-0.15, -0.1) is 0 Å². The third kappa shape index (κ3) is 4.83. The molecule has 112 valence electrons. The molecular formula is C16H23BrFNO. The largest absolute Gasteiger partial charge is 0.378 e. The van der Waals surface area contributed by atoms with E-state index >= 15 is 0 Å². The predicted molar refractivity (Wildman–Crippen MR) is 83.5 cm³/mol. The number of halogens is 2. The minimum Gasteiger partial charge on any atom is -0.378 e. The van der Waals surface area contributed by atoms with Crippen molar-refractivity contribution >= 4 is 15.9 Å². The van der Waals surface area contributed by atoms with Gasteiger partial charge in [0, 0.05) is 17.1 Å². The zero-order valence-electron chi connectivity index (χ0n) is 12.0. The molecule has 1 aromatic carbocycles. The van der Waals surface area contributed by atoms with Crippen molar-refractivity contribution in [3.63, 3.8) is 0 Å². The van der Waals surface area contributed by atoms with Gasteiger partial charge in [0.05, 0.1) is 6.10 Å².